The molecule has 3 nitrogen and oxygen atoms in total. The lowest BCUT2D eigenvalue weighted by atomic mass is 10.1. The van der Waals surface area contributed by atoms with Crippen molar-refractivity contribution in [2.45, 2.75) is 26.1 Å². The topological polar surface area (TPSA) is 29.5 Å². The van der Waals surface area contributed by atoms with Crippen LogP contribution in [0.3, 0.4) is 0 Å². The number of carbonyl (C=O) groups is 1. The van der Waals surface area contributed by atoms with E-state index in [4.69, 9.17) is 0 Å². The van der Waals surface area contributed by atoms with Crippen LogP contribution in [0.2, 0.25) is 0 Å². The summed E-state index contributed by atoms with van der Waals surface area (Å²) in [5.41, 5.74) is 1.05. The first kappa shape index (κ1) is 18.0. The average Bonchev–Trinajstić information content (AvgIpc) is 2.38. The summed E-state index contributed by atoms with van der Waals surface area (Å²) in [6, 6.07) is 4.73. The number of esters is 1. The van der Waals surface area contributed by atoms with Crippen molar-refractivity contribution in [3.63, 3.8) is 0 Å². The normalized spacial score (nSPS) is 11.8. The molecule has 1 aromatic carbocycles. The maximum absolute atomic E-state index is 12.5. The second-order valence-corrected chi connectivity index (χ2v) is 5.48. The van der Waals surface area contributed by atoms with Gasteiger partial charge in [-0.3, -0.25) is 4.90 Å². The van der Waals surface area contributed by atoms with Gasteiger partial charge in [-0.15, -0.1) is 0 Å². The van der Waals surface area contributed by atoms with Crippen LogP contribution < -0.4 is 0 Å². The summed E-state index contributed by atoms with van der Waals surface area (Å²) in [6.07, 6.45) is -3.60. The smallest absolute Gasteiger partial charge is 0.401 e. The highest BCUT2D eigenvalue weighted by Gasteiger charge is 2.30. The van der Waals surface area contributed by atoms with Gasteiger partial charge in [-0.25, -0.2) is 4.79 Å². The maximum Gasteiger partial charge on any atom is 0.401 e. The Bertz CT molecular complexity index is 492. The van der Waals surface area contributed by atoms with E-state index in [1.807, 2.05) is 6.92 Å². The van der Waals surface area contributed by atoms with E-state index in [2.05, 4.69) is 20.7 Å². The second kappa shape index (κ2) is 7.79. The molecule has 0 unspecified atom stereocenters. The van der Waals surface area contributed by atoms with E-state index in [0.29, 0.717) is 28.6 Å². The zero-order chi connectivity index (χ0) is 16.0. The minimum absolute atomic E-state index is 0.162. The molecule has 0 saturated carbocycles. The number of nitrogens with zero attached hydrogens (tertiary/aromatic N) is 1. The molecule has 7 heteroatoms. The number of hydrogen-bond donors (Lipinski definition) is 0. The number of hydrogen-bond acceptors (Lipinski definition) is 3. The number of halogens is 4. The Morgan fingerprint density at radius 3 is 2.52 bits per heavy atom. The van der Waals surface area contributed by atoms with E-state index in [1.165, 1.54) is 12.0 Å². The van der Waals surface area contributed by atoms with Crippen LogP contribution in [0.4, 0.5) is 13.2 Å². The Balaban J connectivity index is 2.86. The monoisotopic (exact) mass is 367 g/mol. The lowest BCUT2D eigenvalue weighted by molar-refractivity contribution is -0.147. The summed E-state index contributed by atoms with van der Waals surface area (Å²) >= 11 is 3.29. The highest BCUT2D eigenvalue weighted by atomic mass is 79.9. The van der Waals surface area contributed by atoms with Crippen molar-refractivity contribution in [2.75, 3.05) is 20.2 Å². The van der Waals surface area contributed by atoms with Crippen LogP contribution in [0, 0.1) is 0 Å². The molecule has 21 heavy (non-hydrogen) atoms. The van der Waals surface area contributed by atoms with Crippen LogP contribution in [-0.2, 0) is 11.3 Å². The van der Waals surface area contributed by atoms with Gasteiger partial charge in [0.2, 0.25) is 0 Å². The summed E-state index contributed by atoms with van der Waals surface area (Å²) in [5, 5.41) is 0. The zero-order valence-corrected chi connectivity index (χ0v) is 13.4. The molecule has 1 aromatic rings. The number of carbonyl (C=O) groups excluding carboxylic acids is 1. The van der Waals surface area contributed by atoms with Crippen LogP contribution in [0.1, 0.15) is 29.3 Å². The Morgan fingerprint density at radius 1 is 1.38 bits per heavy atom. The van der Waals surface area contributed by atoms with Crippen LogP contribution >= 0.6 is 15.9 Å². The summed E-state index contributed by atoms with van der Waals surface area (Å²) in [7, 11) is 1.27. The molecule has 0 radical (unpaired) electrons. The molecule has 0 heterocycles. The fraction of sp³-hybridized carbons (Fsp3) is 0.500. The van der Waals surface area contributed by atoms with Crippen molar-refractivity contribution in [1.82, 2.24) is 4.90 Å². The molecule has 118 valence electrons. The van der Waals surface area contributed by atoms with Gasteiger partial charge < -0.3 is 4.74 Å². The highest BCUT2D eigenvalue weighted by molar-refractivity contribution is 9.10. The van der Waals surface area contributed by atoms with E-state index in [1.54, 1.807) is 18.2 Å². The highest BCUT2D eigenvalue weighted by Crippen LogP contribution is 2.23. The molecule has 0 N–H and O–H groups in total. The van der Waals surface area contributed by atoms with Crippen LogP contribution in [0.15, 0.2) is 22.7 Å². The first-order valence-corrected chi connectivity index (χ1v) is 7.22. The lowest BCUT2D eigenvalue weighted by Gasteiger charge is -2.23. The molecule has 0 saturated heterocycles. The van der Waals surface area contributed by atoms with Gasteiger partial charge in [-0.1, -0.05) is 28.9 Å². The Kier molecular flexibility index (Phi) is 6.67. The molecule has 1 rings (SSSR count). The molecule has 0 bridgehead atoms. The van der Waals surface area contributed by atoms with Gasteiger partial charge >= 0.3 is 12.1 Å². The fourth-order valence-corrected chi connectivity index (χ4v) is 2.45. The van der Waals surface area contributed by atoms with Crippen LogP contribution in [0.5, 0.6) is 0 Å². The molecule has 0 aliphatic rings. The van der Waals surface area contributed by atoms with E-state index in [0.717, 1.165) is 0 Å². The van der Waals surface area contributed by atoms with Gasteiger partial charge in [-0.2, -0.15) is 13.2 Å². The standard InChI is InChI=1S/C14H17BrF3NO2/c1-3-6-19(9-14(16,17)18)8-11-5-4-10(7-12(11)15)13(20)21-2/h4-5,7H,3,6,8-9H2,1-2H3. The number of benzene rings is 1. The number of rotatable bonds is 6. The first-order chi connectivity index (χ1) is 9.76. The van der Waals surface area contributed by atoms with Crippen LogP contribution in [-0.4, -0.2) is 37.2 Å². The molecule has 0 aromatic heterocycles. The fourth-order valence-electron chi connectivity index (χ4n) is 1.95. The summed E-state index contributed by atoms with van der Waals surface area (Å²) < 4.78 is 42.8. The third-order valence-corrected chi connectivity index (χ3v) is 3.55. The van der Waals surface area contributed by atoms with Crippen molar-refractivity contribution < 1.29 is 22.7 Å². The third-order valence-electron chi connectivity index (χ3n) is 2.81. The Labute approximate surface area is 130 Å². The third kappa shape index (κ3) is 6.05. The van der Waals surface area contributed by atoms with Gasteiger partial charge in [0.05, 0.1) is 19.2 Å². The minimum atomic E-state index is -4.23. The molecule has 0 spiro atoms. The van der Waals surface area contributed by atoms with Crippen molar-refractivity contribution in [3.8, 4) is 0 Å². The van der Waals surface area contributed by atoms with Crippen molar-refractivity contribution in [3.05, 3.63) is 33.8 Å². The number of ether oxygens (including phenoxy) is 1. The summed E-state index contributed by atoms with van der Waals surface area (Å²) in [4.78, 5) is 12.7. The second-order valence-electron chi connectivity index (χ2n) is 4.62. The largest absolute Gasteiger partial charge is 0.465 e. The average molecular weight is 368 g/mol. The number of methoxy groups -OCH3 is 1. The molecule has 0 aliphatic carbocycles. The van der Waals surface area contributed by atoms with E-state index < -0.39 is 18.7 Å². The predicted octanol–water partition coefficient (Wildman–Crippen LogP) is 4.01. The SMILES string of the molecule is CCCN(Cc1ccc(C(=O)OC)cc1Br)CC(F)(F)F. The maximum atomic E-state index is 12.5. The first-order valence-electron chi connectivity index (χ1n) is 6.42. The van der Waals surface area contributed by atoms with E-state index in [9.17, 15) is 18.0 Å². The minimum Gasteiger partial charge on any atom is -0.465 e. The van der Waals surface area contributed by atoms with Gasteiger partial charge in [-0.05, 0) is 30.7 Å². The van der Waals surface area contributed by atoms with Gasteiger partial charge in [0.15, 0.2) is 0 Å². The predicted molar refractivity (Wildman–Crippen MR) is 77.1 cm³/mol. The van der Waals surface area contributed by atoms with Crippen molar-refractivity contribution >= 4 is 21.9 Å². The summed E-state index contributed by atoms with van der Waals surface area (Å²) in [6.45, 7) is 1.39. The molecular formula is C14H17BrF3NO2. The molecular weight excluding hydrogens is 351 g/mol. The quantitative estimate of drug-likeness (QED) is 0.711. The Hall–Kier alpha value is -1.08. The number of alkyl halides is 3. The van der Waals surface area contributed by atoms with E-state index >= 15 is 0 Å². The molecule has 0 atom stereocenters. The van der Waals surface area contributed by atoms with Crippen molar-refractivity contribution in [2.24, 2.45) is 0 Å². The molecule has 0 amide bonds. The van der Waals surface area contributed by atoms with Gasteiger partial charge in [0.25, 0.3) is 0 Å². The zero-order valence-electron chi connectivity index (χ0n) is 11.8. The van der Waals surface area contributed by atoms with Crippen LogP contribution in [0.25, 0.3) is 0 Å². The molecule has 0 aliphatic heterocycles. The van der Waals surface area contributed by atoms with Gasteiger partial charge in [0, 0.05) is 11.0 Å². The van der Waals surface area contributed by atoms with Crippen molar-refractivity contribution in [1.29, 1.82) is 0 Å². The molecule has 0 fully saturated rings. The Morgan fingerprint density at radius 2 is 2.05 bits per heavy atom. The summed E-state index contributed by atoms with van der Waals surface area (Å²) in [5.74, 6) is -0.483. The lowest BCUT2D eigenvalue weighted by Crippen LogP contribution is -2.34. The van der Waals surface area contributed by atoms with Gasteiger partial charge in [0.1, 0.15) is 0 Å². The van der Waals surface area contributed by atoms with E-state index in [-0.39, 0.29) is 6.54 Å².